The Hall–Kier alpha value is -1.86. The summed E-state index contributed by atoms with van der Waals surface area (Å²) in [5.74, 6) is 0. The number of nitrogens with one attached hydrogen (secondary N) is 1. The van der Waals surface area contributed by atoms with Crippen molar-refractivity contribution in [1.29, 1.82) is 0 Å². The van der Waals surface area contributed by atoms with E-state index in [-0.39, 0.29) is 5.69 Å². The van der Waals surface area contributed by atoms with Crippen LogP contribution in [0.15, 0.2) is 18.2 Å². The molecule has 7 heteroatoms. The maximum absolute atomic E-state index is 10.7. The molecule has 1 aromatic carbocycles. The van der Waals surface area contributed by atoms with Crippen LogP contribution in [-0.2, 0) is 4.74 Å². The molecule has 4 N–H and O–H groups in total. The van der Waals surface area contributed by atoms with Gasteiger partial charge in [0.1, 0.15) is 0 Å². The van der Waals surface area contributed by atoms with Gasteiger partial charge in [-0.1, -0.05) is 0 Å². The zero-order chi connectivity index (χ0) is 13.9. The van der Waals surface area contributed by atoms with Gasteiger partial charge in [0.2, 0.25) is 0 Å². The van der Waals surface area contributed by atoms with Crippen LogP contribution in [0.3, 0.4) is 0 Å². The van der Waals surface area contributed by atoms with Gasteiger partial charge in [0.05, 0.1) is 10.5 Å². The monoisotopic (exact) mass is 267 g/mol. The topological polar surface area (TPSA) is 111 Å². The van der Waals surface area contributed by atoms with E-state index in [2.05, 4.69) is 5.32 Å². The Labute approximate surface area is 110 Å². The predicted molar refractivity (Wildman–Crippen MR) is 71.0 cm³/mol. The lowest BCUT2D eigenvalue weighted by Crippen LogP contribution is -2.42. The molecule has 19 heavy (non-hydrogen) atoms. The van der Waals surface area contributed by atoms with Crippen molar-refractivity contribution in [3.05, 3.63) is 28.3 Å². The zero-order valence-electron chi connectivity index (χ0n) is 10.5. The Morgan fingerprint density at radius 3 is 2.74 bits per heavy atom. The quantitative estimate of drug-likeness (QED) is 0.428. The summed E-state index contributed by atoms with van der Waals surface area (Å²) >= 11 is 0. The smallest absolute Gasteiger partial charge is 0.273 e. The minimum absolute atomic E-state index is 0.0681. The van der Waals surface area contributed by atoms with Gasteiger partial charge in [-0.05, 0) is 6.07 Å². The molecule has 1 aliphatic rings. The number of anilines is 2. The number of rotatable bonds is 4. The summed E-state index contributed by atoms with van der Waals surface area (Å²) in [5.41, 5.74) is 5.56. The maximum Gasteiger partial charge on any atom is 0.273 e. The Bertz CT molecular complexity index is 472. The molecular weight excluding hydrogens is 250 g/mol. The Morgan fingerprint density at radius 2 is 2.11 bits per heavy atom. The number of nitrogens with zero attached hydrogens (tertiary/aromatic N) is 1. The SMILES string of the molecule is Nc1cc(NCC2(O)CCOCC2)cc([N+](=O)[O-])c1. The molecule has 1 heterocycles. The number of nitro groups is 1. The predicted octanol–water partition coefficient (Wildman–Crippen LogP) is 1.13. The molecule has 1 aromatic rings. The van der Waals surface area contributed by atoms with E-state index < -0.39 is 10.5 Å². The van der Waals surface area contributed by atoms with Gasteiger partial charge in [-0.2, -0.15) is 0 Å². The van der Waals surface area contributed by atoms with Crippen molar-refractivity contribution in [2.45, 2.75) is 18.4 Å². The van der Waals surface area contributed by atoms with E-state index in [9.17, 15) is 15.2 Å². The van der Waals surface area contributed by atoms with Gasteiger partial charge < -0.3 is 20.9 Å². The molecule has 0 radical (unpaired) electrons. The molecule has 0 amide bonds. The first-order valence-electron chi connectivity index (χ1n) is 6.07. The summed E-state index contributed by atoms with van der Waals surface area (Å²) in [6.07, 6.45) is 1.09. The molecule has 2 rings (SSSR count). The van der Waals surface area contributed by atoms with Crippen LogP contribution in [0.5, 0.6) is 0 Å². The Kier molecular flexibility index (Phi) is 3.87. The number of nitro benzene ring substituents is 1. The molecule has 1 saturated heterocycles. The number of nitrogens with two attached hydrogens (primary N) is 1. The molecule has 1 aliphatic heterocycles. The fraction of sp³-hybridized carbons (Fsp3) is 0.500. The van der Waals surface area contributed by atoms with E-state index in [1.54, 1.807) is 6.07 Å². The summed E-state index contributed by atoms with van der Waals surface area (Å²) in [5, 5.41) is 24.0. The first kappa shape index (κ1) is 13.6. The van der Waals surface area contributed by atoms with E-state index >= 15 is 0 Å². The summed E-state index contributed by atoms with van der Waals surface area (Å²) < 4.78 is 5.19. The van der Waals surface area contributed by atoms with Gasteiger partial charge in [-0.25, -0.2) is 0 Å². The lowest BCUT2D eigenvalue weighted by atomic mass is 9.94. The second-order valence-corrected chi connectivity index (χ2v) is 4.76. The van der Waals surface area contributed by atoms with Gasteiger partial charge in [0.25, 0.3) is 5.69 Å². The van der Waals surface area contributed by atoms with Crippen molar-refractivity contribution in [2.75, 3.05) is 30.8 Å². The van der Waals surface area contributed by atoms with E-state index in [4.69, 9.17) is 10.5 Å². The first-order valence-corrected chi connectivity index (χ1v) is 6.07. The summed E-state index contributed by atoms with van der Waals surface area (Å²) in [6, 6.07) is 4.31. The summed E-state index contributed by atoms with van der Waals surface area (Å²) in [4.78, 5) is 10.2. The maximum atomic E-state index is 10.7. The molecule has 0 bridgehead atoms. The number of ether oxygens (including phenoxy) is 1. The molecule has 0 aliphatic carbocycles. The van der Waals surface area contributed by atoms with Gasteiger partial charge in [-0.3, -0.25) is 10.1 Å². The molecule has 0 saturated carbocycles. The van der Waals surface area contributed by atoms with Gasteiger partial charge in [0, 0.05) is 56.1 Å². The zero-order valence-corrected chi connectivity index (χ0v) is 10.5. The molecule has 0 unspecified atom stereocenters. The summed E-state index contributed by atoms with van der Waals surface area (Å²) in [6.45, 7) is 1.36. The minimum atomic E-state index is -0.836. The third-order valence-corrected chi connectivity index (χ3v) is 3.20. The molecule has 0 spiro atoms. The first-order chi connectivity index (χ1) is 8.98. The lowest BCUT2D eigenvalue weighted by Gasteiger charge is -2.32. The highest BCUT2D eigenvalue weighted by Gasteiger charge is 2.29. The van der Waals surface area contributed by atoms with Gasteiger partial charge in [0.15, 0.2) is 0 Å². The third-order valence-electron chi connectivity index (χ3n) is 3.20. The lowest BCUT2D eigenvalue weighted by molar-refractivity contribution is -0.384. The standard InChI is InChI=1S/C12H17N3O4/c13-9-5-10(7-11(6-9)15(17)18)14-8-12(16)1-3-19-4-2-12/h5-7,14,16H,1-4,8,13H2. The Balaban J connectivity index is 2.04. The molecular formula is C12H17N3O4. The van der Waals surface area contributed by atoms with E-state index in [0.29, 0.717) is 44.0 Å². The number of nitrogen functional groups attached to an aromatic ring is 1. The van der Waals surface area contributed by atoms with Crippen molar-refractivity contribution >= 4 is 17.1 Å². The highest BCUT2D eigenvalue weighted by molar-refractivity contribution is 5.61. The average molecular weight is 267 g/mol. The molecule has 1 fully saturated rings. The van der Waals surface area contributed by atoms with Crippen LogP contribution in [0.25, 0.3) is 0 Å². The third kappa shape index (κ3) is 3.55. The number of non-ortho nitro benzene ring substituents is 1. The van der Waals surface area contributed by atoms with E-state index in [0.717, 1.165) is 0 Å². The highest BCUT2D eigenvalue weighted by atomic mass is 16.6. The second-order valence-electron chi connectivity index (χ2n) is 4.76. The Morgan fingerprint density at radius 1 is 1.42 bits per heavy atom. The largest absolute Gasteiger partial charge is 0.398 e. The van der Waals surface area contributed by atoms with Crippen LogP contribution in [0.1, 0.15) is 12.8 Å². The van der Waals surface area contributed by atoms with Crippen LogP contribution >= 0.6 is 0 Å². The fourth-order valence-electron chi connectivity index (χ4n) is 2.04. The van der Waals surface area contributed by atoms with Crippen molar-refractivity contribution < 1.29 is 14.8 Å². The van der Waals surface area contributed by atoms with E-state index in [1.807, 2.05) is 0 Å². The van der Waals surface area contributed by atoms with Gasteiger partial charge in [-0.15, -0.1) is 0 Å². The van der Waals surface area contributed by atoms with Crippen LogP contribution < -0.4 is 11.1 Å². The van der Waals surface area contributed by atoms with E-state index in [1.165, 1.54) is 12.1 Å². The fourth-order valence-corrected chi connectivity index (χ4v) is 2.04. The van der Waals surface area contributed by atoms with Crippen LogP contribution in [-0.4, -0.2) is 35.4 Å². The number of hydrogen-bond acceptors (Lipinski definition) is 6. The number of benzene rings is 1. The average Bonchev–Trinajstić information content (AvgIpc) is 2.37. The second kappa shape index (κ2) is 5.41. The molecule has 7 nitrogen and oxygen atoms in total. The van der Waals surface area contributed by atoms with Crippen LogP contribution in [0.4, 0.5) is 17.1 Å². The van der Waals surface area contributed by atoms with Crippen LogP contribution in [0, 0.1) is 10.1 Å². The minimum Gasteiger partial charge on any atom is -0.398 e. The van der Waals surface area contributed by atoms with Crippen molar-refractivity contribution in [3.63, 3.8) is 0 Å². The number of hydrogen-bond donors (Lipinski definition) is 3. The van der Waals surface area contributed by atoms with Crippen molar-refractivity contribution in [2.24, 2.45) is 0 Å². The molecule has 104 valence electrons. The summed E-state index contributed by atoms with van der Waals surface area (Å²) in [7, 11) is 0. The molecule has 0 aromatic heterocycles. The van der Waals surface area contributed by atoms with Gasteiger partial charge >= 0.3 is 0 Å². The number of aliphatic hydroxyl groups is 1. The highest BCUT2D eigenvalue weighted by Crippen LogP contribution is 2.25. The molecule has 0 atom stereocenters. The van der Waals surface area contributed by atoms with Crippen LogP contribution in [0.2, 0.25) is 0 Å². The normalized spacial score (nSPS) is 17.9. The van der Waals surface area contributed by atoms with Crippen molar-refractivity contribution in [1.82, 2.24) is 0 Å². The van der Waals surface area contributed by atoms with Crippen molar-refractivity contribution in [3.8, 4) is 0 Å².